The van der Waals surface area contributed by atoms with Gasteiger partial charge >= 0.3 is 0 Å². The monoisotopic (exact) mass is 352 g/mol. The second-order valence-electron chi connectivity index (χ2n) is 6.31. The van der Waals surface area contributed by atoms with Gasteiger partial charge in [0.2, 0.25) is 0 Å². The third kappa shape index (κ3) is 3.08. The fraction of sp³-hybridized carbons (Fsp3) is 0.263. The molecule has 3 aromatic rings. The van der Waals surface area contributed by atoms with E-state index in [1.165, 1.54) is 0 Å². The average molecular weight is 352 g/mol. The minimum atomic E-state index is -0.918. The van der Waals surface area contributed by atoms with Crippen molar-refractivity contribution in [3.8, 4) is 0 Å². The van der Waals surface area contributed by atoms with E-state index in [-0.39, 0.29) is 11.5 Å². The number of anilines is 1. The molecule has 1 unspecified atom stereocenters. The van der Waals surface area contributed by atoms with Gasteiger partial charge in [0.1, 0.15) is 17.8 Å². The van der Waals surface area contributed by atoms with Crippen molar-refractivity contribution in [2.75, 3.05) is 5.32 Å². The van der Waals surface area contributed by atoms with Crippen LogP contribution in [0.25, 0.3) is 10.9 Å². The Labute approximate surface area is 148 Å². The van der Waals surface area contributed by atoms with Crippen LogP contribution in [0.3, 0.4) is 0 Å². The largest absolute Gasteiger partial charge is 0.307 e. The van der Waals surface area contributed by atoms with E-state index in [4.69, 9.17) is 0 Å². The first-order valence-electron chi connectivity index (χ1n) is 8.52. The number of carbonyl (C=O) groups excluding carboxylic acids is 1. The highest BCUT2D eigenvalue weighted by atomic mass is 19.1. The van der Waals surface area contributed by atoms with Crippen molar-refractivity contribution in [1.29, 1.82) is 0 Å². The van der Waals surface area contributed by atoms with Crippen molar-refractivity contribution in [3.05, 3.63) is 64.3 Å². The number of hydrogen-bond acceptors (Lipinski definition) is 4. The van der Waals surface area contributed by atoms with Crippen molar-refractivity contribution in [2.24, 2.45) is 0 Å². The number of nitrogens with one attached hydrogen (secondary N) is 1. The third-order valence-electron chi connectivity index (χ3n) is 4.55. The molecule has 1 aliphatic rings. The van der Waals surface area contributed by atoms with E-state index in [9.17, 15) is 14.0 Å². The van der Waals surface area contributed by atoms with E-state index in [1.54, 1.807) is 47.2 Å². The van der Waals surface area contributed by atoms with E-state index in [2.05, 4.69) is 15.3 Å². The van der Waals surface area contributed by atoms with Crippen LogP contribution in [-0.4, -0.2) is 26.6 Å². The minimum Gasteiger partial charge on any atom is -0.307 e. The maximum absolute atomic E-state index is 13.7. The number of halogens is 1. The zero-order chi connectivity index (χ0) is 18.1. The summed E-state index contributed by atoms with van der Waals surface area (Å²) in [6.07, 6.45) is 1.77. The van der Waals surface area contributed by atoms with Gasteiger partial charge in [0.25, 0.3) is 11.5 Å². The van der Waals surface area contributed by atoms with E-state index in [0.29, 0.717) is 53.9 Å². The Morgan fingerprint density at radius 3 is 2.92 bits per heavy atom. The Kier molecular flexibility index (Phi) is 4.20. The molecule has 1 N–H and O–H groups in total. The summed E-state index contributed by atoms with van der Waals surface area (Å²) in [5.41, 5.74) is 0.653. The Hall–Kier alpha value is -3.09. The van der Waals surface area contributed by atoms with Gasteiger partial charge in [-0.3, -0.25) is 14.2 Å². The molecular formula is C19H17FN4O2. The second kappa shape index (κ2) is 6.67. The van der Waals surface area contributed by atoms with Gasteiger partial charge in [-0.25, -0.2) is 14.4 Å². The molecular weight excluding hydrogens is 335 g/mol. The zero-order valence-electron chi connectivity index (χ0n) is 14.0. The highest BCUT2D eigenvalue weighted by molar-refractivity contribution is 6.05. The molecule has 2 aromatic heterocycles. The van der Waals surface area contributed by atoms with Gasteiger partial charge in [-0.1, -0.05) is 6.07 Å². The molecule has 7 heteroatoms. The smallest absolute Gasteiger partial charge is 0.261 e. The average Bonchev–Trinajstić information content (AvgIpc) is 2.84. The lowest BCUT2D eigenvalue weighted by Crippen LogP contribution is -2.25. The Morgan fingerprint density at radius 1 is 1.23 bits per heavy atom. The molecule has 132 valence electrons. The SMILES string of the molecule is O=C(Nc1ccccn1)c1ccc2c(=O)n3c(nc2c1)CCC(F)CC3. The summed E-state index contributed by atoms with van der Waals surface area (Å²) in [6, 6.07) is 10.0. The molecule has 0 saturated heterocycles. The molecule has 0 spiro atoms. The van der Waals surface area contributed by atoms with Crippen LogP contribution >= 0.6 is 0 Å². The highest BCUT2D eigenvalue weighted by Crippen LogP contribution is 2.18. The molecule has 26 heavy (non-hydrogen) atoms. The van der Waals surface area contributed by atoms with Crippen LogP contribution in [0, 0.1) is 0 Å². The van der Waals surface area contributed by atoms with Crippen LogP contribution in [0.4, 0.5) is 10.2 Å². The Bertz CT molecular complexity index is 1030. The summed E-state index contributed by atoms with van der Waals surface area (Å²) in [5.74, 6) is 0.692. The Morgan fingerprint density at radius 2 is 2.12 bits per heavy atom. The first kappa shape index (κ1) is 16.4. The van der Waals surface area contributed by atoms with Gasteiger partial charge in [0, 0.05) is 24.7 Å². The maximum atomic E-state index is 13.7. The lowest BCUT2D eigenvalue weighted by Gasteiger charge is -2.11. The van der Waals surface area contributed by atoms with Crippen LogP contribution in [0.2, 0.25) is 0 Å². The number of benzene rings is 1. The molecule has 0 fully saturated rings. The predicted molar refractivity (Wildman–Crippen MR) is 96.0 cm³/mol. The molecule has 3 heterocycles. The number of nitrogens with zero attached hydrogens (tertiary/aromatic N) is 3. The maximum Gasteiger partial charge on any atom is 0.261 e. The van der Waals surface area contributed by atoms with Gasteiger partial charge in [0.15, 0.2) is 0 Å². The van der Waals surface area contributed by atoms with Crippen molar-refractivity contribution in [1.82, 2.24) is 14.5 Å². The van der Waals surface area contributed by atoms with Gasteiger partial charge < -0.3 is 5.32 Å². The molecule has 1 amide bonds. The minimum absolute atomic E-state index is 0.184. The summed E-state index contributed by atoms with van der Waals surface area (Å²) < 4.78 is 15.2. The van der Waals surface area contributed by atoms with Gasteiger partial charge in [-0.15, -0.1) is 0 Å². The lowest BCUT2D eigenvalue weighted by molar-refractivity contribution is 0.102. The van der Waals surface area contributed by atoms with Gasteiger partial charge in [0.05, 0.1) is 10.9 Å². The fourth-order valence-corrected chi connectivity index (χ4v) is 3.15. The Balaban J connectivity index is 1.71. The normalized spacial score (nSPS) is 16.7. The molecule has 1 atom stereocenters. The molecule has 1 aliphatic heterocycles. The first-order chi connectivity index (χ1) is 12.6. The number of alkyl halides is 1. The van der Waals surface area contributed by atoms with Crippen LogP contribution in [0.15, 0.2) is 47.4 Å². The fourth-order valence-electron chi connectivity index (χ4n) is 3.15. The van der Waals surface area contributed by atoms with E-state index >= 15 is 0 Å². The summed E-state index contributed by atoms with van der Waals surface area (Å²) in [5, 5.41) is 3.14. The molecule has 1 aromatic carbocycles. The summed E-state index contributed by atoms with van der Waals surface area (Å²) >= 11 is 0. The highest BCUT2D eigenvalue weighted by Gasteiger charge is 2.19. The molecule has 0 aliphatic carbocycles. The van der Waals surface area contributed by atoms with Gasteiger partial charge in [-0.2, -0.15) is 0 Å². The number of fused-ring (bicyclic) bond motifs is 2. The van der Waals surface area contributed by atoms with Crippen molar-refractivity contribution < 1.29 is 9.18 Å². The van der Waals surface area contributed by atoms with Gasteiger partial charge in [-0.05, 0) is 43.2 Å². The predicted octanol–water partition coefficient (Wildman–Crippen LogP) is 2.72. The van der Waals surface area contributed by atoms with E-state index in [0.717, 1.165) is 0 Å². The number of aromatic nitrogens is 3. The number of carbonyl (C=O) groups is 1. The van der Waals surface area contributed by atoms with Crippen molar-refractivity contribution in [2.45, 2.75) is 32.0 Å². The zero-order valence-corrected chi connectivity index (χ0v) is 14.0. The standard InChI is InChI=1S/C19H17FN4O2/c20-13-5-7-17-22-15-11-12(18(25)23-16-3-1-2-9-21-16)4-6-14(15)19(26)24(17)10-8-13/h1-4,6,9,11,13H,5,7-8,10H2,(H,21,23,25). The van der Waals surface area contributed by atoms with Crippen LogP contribution in [0.5, 0.6) is 0 Å². The van der Waals surface area contributed by atoms with Crippen LogP contribution < -0.4 is 10.9 Å². The van der Waals surface area contributed by atoms with Crippen molar-refractivity contribution in [3.63, 3.8) is 0 Å². The van der Waals surface area contributed by atoms with E-state index < -0.39 is 6.17 Å². The summed E-state index contributed by atoms with van der Waals surface area (Å²) in [6.45, 7) is 0.334. The summed E-state index contributed by atoms with van der Waals surface area (Å²) in [4.78, 5) is 33.7. The number of rotatable bonds is 2. The quantitative estimate of drug-likeness (QED) is 0.769. The number of aryl methyl sites for hydroxylation is 1. The molecule has 4 rings (SSSR count). The topological polar surface area (TPSA) is 76.9 Å². The lowest BCUT2D eigenvalue weighted by atomic mass is 10.1. The van der Waals surface area contributed by atoms with Crippen molar-refractivity contribution >= 4 is 22.6 Å². The number of pyridine rings is 1. The first-order valence-corrected chi connectivity index (χ1v) is 8.52. The third-order valence-corrected chi connectivity index (χ3v) is 4.55. The number of amides is 1. The van der Waals surface area contributed by atoms with E-state index in [1.807, 2.05) is 0 Å². The van der Waals surface area contributed by atoms with Crippen LogP contribution in [-0.2, 0) is 13.0 Å². The second-order valence-corrected chi connectivity index (χ2v) is 6.31. The number of hydrogen-bond donors (Lipinski definition) is 1. The molecule has 0 saturated carbocycles. The summed E-state index contributed by atoms with van der Waals surface area (Å²) in [7, 11) is 0. The molecule has 6 nitrogen and oxygen atoms in total. The molecule has 0 bridgehead atoms. The van der Waals surface area contributed by atoms with Crippen LogP contribution in [0.1, 0.15) is 29.0 Å². The molecule has 0 radical (unpaired) electrons.